The Labute approximate surface area is 196 Å². The molecule has 34 heavy (non-hydrogen) atoms. The third-order valence-corrected chi connectivity index (χ3v) is 4.93. The zero-order valence-corrected chi connectivity index (χ0v) is 18.5. The van der Waals surface area contributed by atoms with Crippen molar-refractivity contribution in [1.29, 1.82) is 5.41 Å². The maximum atomic E-state index is 12.8. The van der Waals surface area contributed by atoms with E-state index >= 15 is 0 Å². The van der Waals surface area contributed by atoms with Gasteiger partial charge in [0.05, 0.1) is 18.4 Å². The van der Waals surface area contributed by atoms with E-state index in [-0.39, 0.29) is 47.5 Å². The number of nitrogens with one attached hydrogen (secondary N) is 2. The second-order valence-electron chi connectivity index (χ2n) is 7.04. The highest BCUT2D eigenvalue weighted by Gasteiger charge is 2.22. The summed E-state index contributed by atoms with van der Waals surface area (Å²) in [6.45, 7) is 3.61. The summed E-state index contributed by atoms with van der Waals surface area (Å²) in [4.78, 5) is 34.3. The molecule has 0 saturated heterocycles. The lowest BCUT2D eigenvalue weighted by Gasteiger charge is -2.20. The molecule has 0 aliphatic carbocycles. The highest BCUT2D eigenvalue weighted by atomic mass is 16.5. The quantitative estimate of drug-likeness (QED) is 0.280. The fraction of sp³-hybridized carbons (Fsp3) is 0.125. The third kappa shape index (κ3) is 5.18. The number of phenolic OH excluding ortho intramolecular Hbond substituents is 1. The van der Waals surface area contributed by atoms with Crippen molar-refractivity contribution in [2.45, 2.75) is 0 Å². The van der Waals surface area contributed by atoms with Gasteiger partial charge in [0, 0.05) is 24.2 Å². The van der Waals surface area contributed by atoms with E-state index in [1.165, 1.54) is 25.6 Å². The van der Waals surface area contributed by atoms with E-state index in [0.29, 0.717) is 11.1 Å². The van der Waals surface area contributed by atoms with Crippen molar-refractivity contribution in [3.8, 4) is 11.5 Å². The molecule has 0 atom stereocenters. The van der Waals surface area contributed by atoms with E-state index in [1.54, 1.807) is 36.4 Å². The number of imide groups is 1. The van der Waals surface area contributed by atoms with Gasteiger partial charge in [-0.15, -0.1) is 0 Å². The number of amides is 2. The van der Waals surface area contributed by atoms with E-state index in [9.17, 15) is 14.7 Å². The van der Waals surface area contributed by atoms with Crippen LogP contribution in [0, 0.1) is 5.41 Å². The number of ether oxygens (including phenoxy) is 1. The Hall–Kier alpha value is -4.73. The van der Waals surface area contributed by atoms with Gasteiger partial charge < -0.3 is 20.9 Å². The van der Waals surface area contributed by atoms with E-state index in [1.807, 2.05) is 0 Å². The summed E-state index contributed by atoms with van der Waals surface area (Å²) in [5, 5.41) is 21.7. The first-order chi connectivity index (χ1) is 16.4. The minimum atomic E-state index is -0.542. The zero-order chi connectivity index (χ0) is 24.7. The second kappa shape index (κ2) is 10.7. The van der Waals surface area contributed by atoms with Crippen molar-refractivity contribution < 1.29 is 19.4 Å². The van der Waals surface area contributed by atoms with Gasteiger partial charge in [-0.2, -0.15) is 0 Å². The van der Waals surface area contributed by atoms with Crippen LogP contribution in [0.5, 0.6) is 11.5 Å². The number of benzene rings is 2. The first kappa shape index (κ1) is 23.9. The first-order valence-corrected chi connectivity index (χ1v) is 10.2. The van der Waals surface area contributed by atoms with Crippen LogP contribution in [-0.2, 0) is 4.79 Å². The first-order valence-electron chi connectivity index (χ1n) is 10.2. The van der Waals surface area contributed by atoms with Crippen LogP contribution in [0.25, 0.3) is 0 Å². The predicted octanol–water partition coefficient (Wildman–Crippen LogP) is 2.46. The number of carbonyl (C=O) groups is 2. The van der Waals surface area contributed by atoms with Crippen molar-refractivity contribution >= 4 is 29.2 Å². The van der Waals surface area contributed by atoms with Crippen LogP contribution < -0.4 is 15.8 Å². The summed E-state index contributed by atoms with van der Waals surface area (Å²) >= 11 is 0. The molecule has 0 saturated carbocycles. The fourth-order valence-corrected chi connectivity index (χ4v) is 3.21. The number of aromatic hydroxyl groups is 1. The summed E-state index contributed by atoms with van der Waals surface area (Å²) in [6, 6.07) is 12.9. The number of nitrogens with two attached hydrogens (primary N) is 1. The molecule has 0 unspecified atom stereocenters. The largest absolute Gasteiger partial charge is 0.504 e. The molecule has 10 heteroatoms. The number of carbonyl (C=O) groups excluding carboxylic acids is 2. The van der Waals surface area contributed by atoms with Gasteiger partial charge in [0.1, 0.15) is 18.0 Å². The molecule has 0 spiro atoms. The van der Waals surface area contributed by atoms with Gasteiger partial charge in [0.15, 0.2) is 11.5 Å². The predicted molar refractivity (Wildman–Crippen MR) is 128 cm³/mol. The lowest BCUT2D eigenvalue weighted by molar-refractivity contribution is -0.123. The van der Waals surface area contributed by atoms with Crippen LogP contribution in [0.1, 0.15) is 21.5 Å². The Bertz CT molecular complexity index is 1230. The molecule has 5 N–H and O–H groups in total. The number of rotatable bonds is 9. The van der Waals surface area contributed by atoms with Crippen LogP contribution in [0.4, 0.5) is 11.6 Å². The number of anilines is 2. The molecule has 0 bridgehead atoms. The molecule has 1 heterocycles. The van der Waals surface area contributed by atoms with Gasteiger partial charge in [0.25, 0.3) is 11.8 Å². The summed E-state index contributed by atoms with van der Waals surface area (Å²) in [5.74, 6) is -0.575. The van der Waals surface area contributed by atoms with E-state index in [0.717, 1.165) is 11.0 Å². The summed E-state index contributed by atoms with van der Waals surface area (Å²) < 4.78 is 5.04. The molecule has 174 valence electrons. The number of hydrogen-bond acceptors (Lipinski definition) is 9. The molecule has 2 amide bonds. The van der Waals surface area contributed by atoms with Gasteiger partial charge in [-0.3, -0.25) is 19.9 Å². The van der Waals surface area contributed by atoms with Crippen LogP contribution in [-0.4, -0.2) is 57.7 Å². The minimum Gasteiger partial charge on any atom is -0.504 e. The van der Waals surface area contributed by atoms with E-state index in [2.05, 4.69) is 21.9 Å². The Balaban J connectivity index is 1.81. The zero-order valence-electron chi connectivity index (χ0n) is 18.5. The molecule has 0 fully saturated rings. The highest BCUT2D eigenvalue weighted by molar-refractivity contribution is 6.16. The van der Waals surface area contributed by atoms with Crippen molar-refractivity contribution in [2.24, 2.45) is 0 Å². The van der Waals surface area contributed by atoms with Crippen molar-refractivity contribution in [2.75, 3.05) is 31.2 Å². The van der Waals surface area contributed by atoms with Crippen LogP contribution in [0.15, 0.2) is 67.5 Å². The van der Waals surface area contributed by atoms with Crippen molar-refractivity contribution in [1.82, 2.24) is 14.9 Å². The topological polar surface area (TPSA) is 155 Å². The number of hydrogen-bond donors (Lipinski definition) is 4. The standard InChI is InChI=1S/C24H24N6O4/c1-3-19(32)30(24(33)15-7-5-4-6-8-15)12-11-27-23-20(22(26)28-14-29-23)21(25)16-9-10-18(34-2)17(31)13-16/h3-10,13-14,25,31H,1,11-12H2,2H3,(H3,26,27,28,29). The van der Waals surface area contributed by atoms with Crippen LogP contribution in [0.3, 0.4) is 0 Å². The number of nitrogens with zero attached hydrogens (tertiary/aromatic N) is 3. The van der Waals surface area contributed by atoms with Gasteiger partial charge >= 0.3 is 0 Å². The lowest BCUT2D eigenvalue weighted by atomic mass is 10.0. The SMILES string of the molecule is C=CC(=O)N(CCNc1ncnc(N)c1C(=N)c1ccc(OC)c(O)c1)C(=O)c1ccccc1. The van der Waals surface area contributed by atoms with Crippen molar-refractivity contribution in [3.63, 3.8) is 0 Å². The Morgan fingerprint density at radius 3 is 2.59 bits per heavy atom. The Morgan fingerprint density at radius 2 is 1.94 bits per heavy atom. The number of nitrogen functional groups attached to an aromatic ring is 1. The summed E-state index contributed by atoms with van der Waals surface area (Å²) in [6.07, 6.45) is 2.31. The molecule has 2 aromatic carbocycles. The lowest BCUT2D eigenvalue weighted by Crippen LogP contribution is -2.39. The van der Waals surface area contributed by atoms with Gasteiger partial charge in [-0.1, -0.05) is 24.8 Å². The van der Waals surface area contributed by atoms with E-state index in [4.69, 9.17) is 15.9 Å². The highest BCUT2D eigenvalue weighted by Crippen LogP contribution is 2.29. The van der Waals surface area contributed by atoms with Gasteiger partial charge in [-0.05, 0) is 36.4 Å². The number of aromatic nitrogens is 2. The molecule has 10 nitrogen and oxygen atoms in total. The maximum Gasteiger partial charge on any atom is 0.260 e. The smallest absolute Gasteiger partial charge is 0.260 e. The molecule has 0 aliphatic heterocycles. The average molecular weight is 460 g/mol. The maximum absolute atomic E-state index is 12.8. The number of phenols is 1. The summed E-state index contributed by atoms with van der Waals surface area (Å²) in [7, 11) is 1.42. The second-order valence-corrected chi connectivity index (χ2v) is 7.04. The summed E-state index contributed by atoms with van der Waals surface area (Å²) in [5.41, 5.74) is 6.94. The van der Waals surface area contributed by atoms with Crippen LogP contribution >= 0.6 is 0 Å². The molecular formula is C24H24N6O4. The molecule has 0 radical (unpaired) electrons. The van der Waals surface area contributed by atoms with E-state index < -0.39 is 11.8 Å². The van der Waals surface area contributed by atoms with Gasteiger partial charge in [-0.25, -0.2) is 9.97 Å². The molecule has 3 rings (SSSR count). The fourth-order valence-electron chi connectivity index (χ4n) is 3.21. The number of methoxy groups -OCH3 is 1. The molecular weight excluding hydrogens is 436 g/mol. The Morgan fingerprint density at radius 1 is 1.21 bits per heavy atom. The Kier molecular flexibility index (Phi) is 7.55. The average Bonchev–Trinajstić information content (AvgIpc) is 2.86. The third-order valence-electron chi connectivity index (χ3n) is 4.93. The normalized spacial score (nSPS) is 10.3. The molecule has 1 aromatic heterocycles. The molecule has 3 aromatic rings. The van der Waals surface area contributed by atoms with Crippen molar-refractivity contribution in [3.05, 3.63) is 84.2 Å². The monoisotopic (exact) mass is 460 g/mol. The van der Waals surface area contributed by atoms with Gasteiger partial charge in [0.2, 0.25) is 0 Å². The molecule has 0 aliphatic rings. The van der Waals surface area contributed by atoms with Crippen LogP contribution in [0.2, 0.25) is 0 Å². The minimum absolute atomic E-state index is 0.0125.